The first-order valence-electron chi connectivity index (χ1n) is 6.35. The van der Waals surface area contributed by atoms with Crippen molar-refractivity contribution in [3.05, 3.63) is 18.2 Å². The lowest BCUT2D eigenvalue weighted by Crippen LogP contribution is -2.31. The first kappa shape index (κ1) is 14.6. The summed E-state index contributed by atoms with van der Waals surface area (Å²) < 4.78 is 10.7. The second-order valence-electron chi connectivity index (χ2n) is 4.65. The predicted molar refractivity (Wildman–Crippen MR) is 76.1 cm³/mol. The Morgan fingerprint density at radius 3 is 2.56 bits per heavy atom. The summed E-state index contributed by atoms with van der Waals surface area (Å²) in [5, 5.41) is 3.44. The number of nitrogen functional groups attached to an aromatic ring is 1. The van der Waals surface area contributed by atoms with Gasteiger partial charge in [-0.2, -0.15) is 0 Å². The molecular weight excluding hydrogens is 228 g/mol. The van der Waals surface area contributed by atoms with Crippen LogP contribution in [0.3, 0.4) is 0 Å². The number of nitrogens with one attached hydrogen (secondary N) is 1. The highest BCUT2D eigenvalue weighted by Gasteiger charge is 2.13. The molecule has 4 nitrogen and oxygen atoms in total. The molecule has 1 aromatic carbocycles. The third-order valence-electron chi connectivity index (χ3n) is 2.82. The molecule has 18 heavy (non-hydrogen) atoms. The zero-order valence-electron chi connectivity index (χ0n) is 11.7. The maximum absolute atomic E-state index is 5.84. The van der Waals surface area contributed by atoms with Crippen molar-refractivity contribution in [2.75, 3.05) is 31.4 Å². The van der Waals surface area contributed by atoms with Crippen molar-refractivity contribution in [1.82, 2.24) is 0 Å². The van der Waals surface area contributed by atoms with E-state index in [2.05, 4.69) is 19.2 Å². The largest absolute Gasteiger partial charge is 0.497 e. The highest BCUT2D eigenvalue weighted by Crippen LogP contribution is 2.23. The Hall–Kier alpha value is -1.42. The number of anilines is 2. The second kappa shape index (κ2) is 7.11. The molecule has 0 saturated carbocycles. The molecule has 4 heteroatoms. The fourth-order valence-corrected chi connectivity index (χ4v) is 1.68. The van der Waals surface area contributed by atoms with Crippen LogP contribution < -0.4 is 15.8 Å². The average Bonchev–Trinajstić information content (AvgIpc) is 2.33. The van der Waals surface area contributed by atoms with Crippen molar-refractivity contribution >= 4 is 11.4 Å². The van der Waals surface area contributed by atoms with E-state index in [1.807, 2.05) is 19.1 Å². The fraction of sp³-hybridized carbons (Fsp3) is 0.571. The minimum atomic E-state index is 0.261. The molecule has 0 aromatic heterocycles. The van der Waals surface area contributed by atoms with Crippen LogP contribution in [0.15, 0.2) is 18.2 Å². The Balaban J connectivity index is 2.76. The second-order valence-corrected chi connectivity index (χ2v) is 4.65. The molecule has 0 aliphatic heterocycles. The third-order valence-corrected chi connectivity index (χ3v) is 2.82. The maximum atomic E-state index is 5.84. The molecular formula is C14H24N2O2. The minimum absolute atomic E-state index is 0.261. The van der Waals surface area contributed by atoms with Gasteiger partial charge in [0.1, 0.15) is 5.75 Å². The summed E-state index contributed by atoms with van der Waals surface area (Å²) >= 11 is 0. The SMILES string of the molecule is CCOCC(Nc1cc(N)cc(OC)c1)C(C)C. The van der Waals surface area contributed by atoms with Gasteiger partial charge in [-0.3, -0.25) is 0 Å². The molecule has 0 aliphatic carbocycles. The first-order chi connectivity index (χ1) is 8.56. The summed E-state index contributed by atoms with van der Waals surface area (Å²) in [6, 6.07) is 5.91. The van der Waals surface area contributed by atoms with Gasteiger partial charge in [0.05, 0.1) is 19.8 Å². The van der Waals surface area contributed by atoms with Crippen LogP contribution in [-0.4, -0.2) is 26.4 Å². The van der Waals surface area contributed by atoms with Gasteiger partial charge < -0.3 is 20.5 Å². The van der Waals surface area contributed by atoms with Crippen LogP contribution in [0.2, 0.25) is 0 Å². The van der Waals surface area contributed by atoms with Crippen LogP contribution in [0.4, 0.5) is 11.4 Å². The number of hydrogen-bond acceptors (Lipinski definition) is 4. The quantitative estimate of drug-likeness (QED) is 0.733. The highest BCUT2D eigenvalue weighted by molar-refractivity contribution is 5.59. The maximum Gasteiger partial charge on any atom is 0.122 e. The lowest BCUT2D eigenvalue weighted by Gasteiger charge is -2.23. The topological polar surface area (TPSA) is 56.5 Å². The standard InChI is InChI=1S/C14H24N2O2/c1-5-18-9-14(10(2)3)16-12-6-11(15)7-13(8-12)17-4/h6-8,10,14,16H,5,9,15H2,1-4H3. The average molecular weight is 252 g/mol. The van der Waals surface area contributed by atoms with E-state index in [0.717, 1.165) is 18.0 Å². The number of nitrogens with two attached hydrogens (primary N) is 1. The molecule has 3 N–H and O–H groups in total. The molecule has 1 aromatic rings. The van der Waals surface area contributed by atoms with Crippen LogP contribution in [0, 0.1) is 5.92 Å². The molecule has 0 amide bonds. The molecule has 1 unspecified atom stereocenters. The van der Waals surface area contributed by atoms with Crippen LogP contribution in [0.1, 0.15) is 20.8 Å². The fourth-order valence-electron chi connectivity index (χ4n) is 1.68. The molecule has 1 atom stereocenters. The molecule has 0 fully saturated rings. The molecule has 0 aliphatic rings. The summed E-state index contributed by atoms with van der Waals surface area (Å²) in [6.45, 7) is 7.75. The van der Waals surface area contributed by atoms with E-state index in [1.165, 1.54) is 0 Å². The highest BCUT2D eigenvalue weighted by atomic mass is 16.5. The van der Waals surface area contributed by atoms with Crippen LogP contribution in [-0.2, 0) is 4.74 Å². The van der Waals surface area contributed by atoms with Crippen molar-refractivity contribution in [3.63, 3.8) is 0 Å². The summed E-state index contributed by atoms with van der Waals surface area (Å²) in [4.78, 5) is 0. The van der Waals surface area contributed by atoms with Crippen LogP contribution in [0.5, 0.6) is 5.75 Å². The van der Waals surface area contributed by atoms with E-state index >= 15 is 0 Å². The lowest BCUT2D eigenvalue weighted by molar-refractivity contribution is 0.127. The Morgan fingerprint density at radius 1 is 1.28 bits per heavy atom. The van der Waals surface area contributed by atoms with Crippen LogP contribution in [0.25, 0.3) is 0 Å². The Labute approximate surface area is 109 Å². The van der Waals surface area contributed by atoms with Crippen molar-refractivity contribution in [3.8, 4) is 5.75 Å². The Morgan fingerprint density at radius 2 is 2.00 bits per heavy atom. The van der Waals surface area contributed by atoms with Crippen molar-refractivity contribution < 1.29 is 9.47 Å². The van der Waals surface area contributed by atoms with E-state index in [0.29, 0.717) is 18.2 Å². The molecule has 0 saturated heterocycles. The lowest BCUT2D eigenvalue weighted by atomic mass is 10.0. The number of hydrogen-bond donors (Lipinski definition) is 2. The normalized spacial score (nSPS) is 12.5. The van der Waals surface area contributed by atoms with E-state index in [4.69, 9.17) is 15.2 Å². The predicted octanol–water partition coefficient (Wildman–Crippen LogP) is 2.75. The zero-order chi connectivity index (χ0) is 13.5. The summed E-state index contributed by atoms with van der Waals surface area (Å²) in [5.74, 6) is 1.24. The Kier molecular flexibility index (Phi) is 5.78. The minimum Gasteiger partial charge on any atom is -0.497 e. The van der Waals surface area contributed by atoms with Gasteiger partial charge in [0.25, 0.3) is 0 Å². The van der Waals surface area contributed by atoms with Crippen molar-refractivity contribution in [2.24, 2.45) is 5.92 Å². The first-order valence-corrected chi connectivity index (χ1v) is 6.35. The van der Waals surface area contributed by atoms with Gasteiger partial charge in [-0.05, 0) is 18.9 Å². The number of rotatable bonds is 7. The van der Waals surface area contributed by atoms with Gasteiger partial charge in [-0.1, -0.05) is 13.8 Å². The van der Waals surface area contributed by atoms with Gasteiger partial charge in [0.2, 0.25) is 0 Å². The van der Waals surface area contributed by atoms with Gasteiger partial charge in [-0.25, -0.2) is 0 Å². The smallest absolute Gasteiger partial charge is 0.122 e. The molecule has 1 rings (SSSR count). The summed E-state index contributed by atoms with van der Waals surface area (Å²) in [7, 11) is 1.64. The summed E-state index contributed by atoms with van der Waals surface area (Å²) in [5.41, 5.74) is 7.49. The Bertz CT molecular complexity index is 367. The number of benzene rings is 1. The van der Waals surface area contributed by atoms with E-state index in [1.54, 1.807) is 13.2 Å². The third kappa shape index (κ3) is 4.45. The molecule has 102 valence electrons. The molecule has 0 radical (unpaired) electrons. The van der Waals surface area contributed by atoms with Gasteiger partial charge in [0.15, 0.2) is 0 Å². The molecule has 0 bridgehead atoms. The monoisotopic (exact) mass is 252 g/mol. The summed E-state index contributed by atoms with van der Waals surface area (Å²) in [6.07, 6.45) is 0. The number of ether oxygens (including phenoxy) is 2. The van der Waals surface area contributed by atoms with Crippen molar-refractivity contribution in [2.45, 2.75) is 26.8 Å². The molecule has 0 heterocycles. The van der Waals surface area contributed by atoms with E-state index in [-0.39, 0.29) is 6.04 Å². The number of methoxy groups -OCH3 is 1. The van der Waals surface area contributed by atoms with E-state index in [9.17, 15) is 0 Å². The van der Waals surface area contributed by atoms with E-state index < -0.39 is 0 Å². The van der Waals surface area contributed by atoms with Gasteiger partial charge in [0, 0.05) is 30.1 Å². The molecule has 0 spiro atoms. The van der Waals surface area contributed by atoms with Crippen molar-refractivity contribution in [1.29, 1.82) is 0 Å². The van der Waals surface area contributed by atoms with Crippen LogP contribution >= 0.6 is 0 Å². The van der Waals surface area contributed by atoms with Gasteiger partial charge in [-0.15, -0.1) is 0 Å². The van der Waals surface area contributed by atoms with Gasteiger partial charge >= 0.3 is 0 Å². The zero-order valence-corrected chi connectivity index (χ0v) is 11.7.